The SMILES string of the molecule is CCNC(=O)Nc1ccc(-c2ccccc2)cc1C(=O)N1CCC(N2CCCC3(C2)CC(C)(C)OC3=O)CC1. The molecule has 1 unspecified atom stereocenters. The van der Waals surface area contributed by atoms with E-state index in [0.29, 0.717) is 36.9 Å². The van der Waals surface area contributed by atoms with E-state index in [0.717, 1.165) is 56.3 Å². The van der Waals surface area contributed by atoms with E-state index in [-0.39, 0.29) is 17.9 Å². The topological polar surface area (TPSA) is 91.0 Å². The zero-order valence-corrected chi connectivity index (χ0v) is 23.3. The number of anilines is 1. The molecule has 3 aliphatic heterocycles. The smallest absolute Gasteiger partial charge is 0.319 e. The molecule has 1 spiro atoms. The van der Waals surface area contributed by atoms with Crippen molar-refractivity contribution in [3.8, 4) is 11.1 Å². The fourth-order valence-electron chi connectivity index (χ4n) is 6.64. The number of esters is 1. The third kappa shape index (κ3) is 5.81. The minimum Gasteiger partial charge on any atom is -0.459 e. The van der Waals surface area contributed by atoms with E-state index in [1.807, 2.05) is 74.2 Å². The van der Waals surface area contributed by atoms with Crippen molar-refractivity contribution < 1.29 is 19.1 Å². The Bertz CT molecular complexity index is 1220. The molecule has 0 saturated carbocycles. The second-order valence-electron chi connectivity index (χ2n) is 11.8. The molecule has 0 bridgehead atoms. The Kier molecular flexibility index (Phi) is 7.67. The first-order valence-corrected chi connectivity index (χ1v) is 14.2. The summed E-state index contributed by atoms with van der Waals surface area (Å²) in [6, 6.07) is 15.6. The number of piperidine rings is 2. The molecule has 8 heteroatoms. The van der Waals surface area contributed by atoms with Crippen LogP contribution in [-0.4, -0.2) is 72.1 Å². The van der Waals surface area contributed by atoms with Gasteiger partial charge in [-0.15, -0.1) is 0 Å². The van der Waals surface area contributed by atoms with Gasteiger partial charge in [0.1, 0.15) is 5.60 Å². The summed E-state index contributed by atoms with van der Waals surface area (Å²) in [6.45, 7) is 9.36. The summed E-state index contributed by atoms with van der Waals surface area (Å²) in [6.07, 6.45) is 4.37. The molecule has 8 nitrogen and oxygen atoms in total. The first-order chi connectivity index (χ1) is 18.7. The normalized spacial score (nSPS) is 23.5. The molecule has 3 fully saturated rings. The van der Waals surface area contributed by atoms with Crippen LogP contribution in [0.5, 0.6) is 0 Å². The largest absolute Gasteiger partial charge is 0.459 e. The molecule has 0 aromatic heterocycles. The van der Waals surface area contributed by atoms with Crippen LogP contribution in [-0.2, 0) is 9.53 Å². The van der Waals surface area contributed by atoms with E-state index in [9.17, 15) is 14.4 Å². The lowest BCUT2D eigenvalue weighted by molar-refractivity contribution is -0.154. The van der Waals surface area contributed by atoms with Crippen LogP contribution in [0.15, 0.2) is 48.5 Å². The van der Waals surface area contributed by atoms with Gasteiger partial charge in [0.05, 0.1) is 16.7 Å². The van der Waals surface area contributed by atoms with Crippen molar-refractivity contribution in [3.63, 3.8) is 0 Å². The van der Waals surface area contributed by atoms with E-state index in [2.05, 4.69) is 15.5 Å². The van der Waals surface area contributed by atoms with Crippen LogP contribution in [0.2, 0.25) is 0 Å². The number of cyclic esters (lactones) is 1. The van der Waals surface area contributed by atoms with Crippen LogP contribution in [0.4, 0.5) is 10.5 Å². The predicted octanol–water partition coefficient (Wildman–Crippen LogP) is 4.91. The van der Waals surface area contributed by atoms with E-state index in [1.54, 1.807) is 0 Å². The second kappa shape index (κ2) is 11.0. The van der Waals surface area contributed by atoms with Crippen molar-refractivity contribution in [2.75, 3.05) is 38.0 Å². The van der Waals surface area contributed by atoms with Crippen LogP contribution in [0.1, 0.15) is 63.2 Å². The third-order valence-corrected chi connectivity index (χ3v) is 8.38. The molecule has 2 aromatic carbocycles. The highest BCUT2D eigenvalue weighted by Crippen LogP contribution is 2.46. The highest BCUT2D eigenvalue weighted by Gasteiger charge is 2.54. The first-order valence-electron chi connectivity index (χ1n) is 14.2. The fraction of sp³-hybridized carbons (Fsp3) is 0.516. The predicted molar refractivity (Wildman–Crippen MR) is 152 cm³/mol. The molecule has 3 saturated heterocycles. The number of hydrogen-bond donors (Lipinski definition) is 2. The van der Waals surface area contributed by atoms with Gasteiger partial charge in [-0.2, -0.15) is 0 Å². The number of urea groups is 1. The number of amides is 3. The van der Waals surface area contributed by atoms with E-state index in [1.165, 1.54) is 0 Å². The molecule has 2 N–H and O–H groups in total. The van der Waals surface area contributed by atoms with Crippen molar-refractivity contribution in [1.82, 2.24) is 15.1 Å². The Morgan fingerprint density at radius 3 is 2.44 bits per heavy atom. The molecule has 2 aromatic rings. The number of nitrogens with zero attached hydrogens (tertiary/aromatic N) is 2. The number of benzene rings is 2. The van der Waals surface area contributed by atoms with Crippen molar-refractivity contribution in [1.29, 1.82) is 0 Å². The van der Waals surface area contributed by atoms with Gasteiger partial charge in [0.25, 0.3) is 5.91 Å². The maximum Gasteiger partial charge on any atom is 0.319 e. The van der Waals surface area contributed by atoms with Gasteiger partial charge in [-0.25, -0.2) is 4.79 Å². The highest BCUT2D eigenvalue weighted by molar-refractivity contribution is 6.04. The van der Waals surface area contributed by atoms with E-state index >= 15 is 0 Å². The quantitative estimate of drug-likeness (QED) is 0.534. The molecule has 3 heterocycles. The van der Waals surface area contributed by atoms with Gasteiger partial charge >= 0.3 is 12.0 Å². The molecule has 3 amide bonds. The zero-order chi connectivity index (χ0) is 27.6. The summed E-state index contributed by atoms with van der Waals surface area (Å²) in [5.41, 5.74) is 2.15. The van der Waals surface area contributed by atoms with Crippen LogP contribution in [0.25, 0.3) is 11.1 Å². The number of carbonyl (C=O) groups excluding carboxylic acids is 3. The number of ether oxygens (including phenoxy) is 1. The molecular weight excluding hydrogens is 492 g/mol. The van der Waals surface area contributed by atoms with Crippen molar-refractivity contribution in [3.05, 3.63) is 54.1 Å². The molecule has 208 valence electrons. The number of likely N-dealkylation sites (tertiary alicyclic amines) is 2. The molecular formula is C31H40N4O4. The first kappa shape index (κ1) is 27.2. The van der Waals surface area contributed by atoms with Gasteiger partial charge in [-0.1, -0.05) is 36.4 Å². The third-order valence-electron chi connectivity index (χ3n) is 8.38. The zero-order valence-electron chi connectivity index (χ0n) is 23.3. The second-order valence-corrected chi connectivity index (χ2v) is 11.8. The average molecular weight is 533 g/mol. The Hall–Kier alpha value is -3.39. The summed E-state index contributed by atoms with van der Waals surface area (Å²) in [4.78, 5) is 43.3. The monoisotopic (exact) mass is 532 g/mol. The van der Waals surface area contributed by atoms with Crippen LogP contribution in [0.3, 0.4) is 0 Å². The van der Waals surface area contributed by atoms with Crippen LogP contribution in [0, 0.1) is 5.41 Å². The molecule has 0 aliphatic carbocycles. The average Bonchev–Trinajstić information content (AvgIpc) is 3.15. The van der Waals surface area contributed by atoms with E-state index in [4.69, 9.17) is 4.74 Å². The van der Waals surface area contributed by atoms with Gasteiger partial charge in [-0.05, 0) is 76.3 Å². The Morgan fingerprint density at radius 2 is 1.77 bits per heavy atom. The number of carbonyl (C=O) groups is 3. The van der Waals surface area contributed by atoms with Gasteiger partial charge in [0.15, 0.2) is 0 Å². The van der Waals surface area contributed by atoms with Gasteiger partial charge in [-0.3, -0.25) is 14.5 Å². The summed E-state index contributed by atoms with van der Waals surface area (Å²) >= 11 is 0. The highest BCUT2D eigenvalue weighted by atomic mass is 16.6. The van der Waals surface area contributed by atoms with Gasteiger partial charge in [0.2, 0.25) is 0 Å². The van der Waals surface area contributed by atoms with Crippen LogP contribution >= 0.6 is 0 Å². The summed E-state index contributed by atoms with van der Waals surface area (Å²) in [5.74, 6) is -0.121. The molecule has 3 aliphatic rings. The number of rotatable bonds is 5. The van der Waals surface area contributed by atoms with Crippen molar-refractivity contribution >= 4 is 23.6 Å². The lowest BCUT2D eigenvalue weighted by Crippen LogP contribution is -2.53. The Balaban J connectivity index is 1.29. The summed E-state index contributed by atoms with van der Waals surface area (Å²) < 4.78 is 5.72. The minimum absolute atomic E-state index is 0.0461. The van der Waals surface area contributed by atoms with Crippen molar-refractivity contribution in [2.45, 2.75) is 64.5 Å². The lowest BCUT2D eigenvalue weighted by atomic mass is 9.74. The van der Waals surface area contributed by atoms with Gasteiger partial charge < -0.3 is 20.3 Å². The Morgan fingerprint density at radius 1 is 1.03 bits per heavy atom. The number of hydrogen-bond acceptors (Lipinski definition) is 5. The summed E-state index contributed by atoms with van der Waals surface area (Å²) in [5, 5.41) is 5.60. The van der Waals surface area contributed by atoms with Crippen LogP contribution < -0.4 is 10.6 Å². The molecule has 5 rings (SSSR count). The number of nitrogens with one attached hydrogen (secondary N) is 2. The fourth-order valence-corrected chi connectivity index (χ4v) is 6.64. The van der Waals surface area contributed by atoms with Crippen molar-refractivity contribution in [2.24, 2.45) is 5.41 Å². The standard InChI is InChI=1S/C31H40N4O4/c1-4-32-29(38)33-26-12-11-23(22-9-6-5-7-10-22)19-25(26)27(36)34-17-13-24(14-18-34)35-16-8-15-31(21-35)20-30(2,3)39-28(31)37/h5-7,9-12,19,24H,4,8,13-18,20-21H2,1-3H3,(H2,32,33,38). The maximum atomic E-state index is 13.8. The Labute approximate surface area is 231 Å². The molecule has 1 atom stereocenters. The van der Waals surface area contributed by atoms with Gasteiger partial charge in [0, 0.05) is 38.6 Å². The maximum absolute atomic E-state index is 13.8. The molecule has 0 radical (unpaired) electrons. The summed E-state index contributed by atoms with van der Waals surface area (Å²) in [7, 11) is 0. The minimum atomic E-state index is -0.399. The molecule has 39 heavy (non-hydrogen) atoms. The van der Waals surface area contributed by atoms with E-state index < -0.39 is 11.0 Å². The lowest BCUT2D eigenvalue weighted by Gasteiger charge is -2.45.